The van der Waals surface area contributed by atoms with Crippen LogP contribution in [-0.4, -0.2) is 27.2 Å². The van der Waals surface area contributed by atoms with Crippen LogP contribution in [0.15, 0.2) is 17.0 Å². The number of rotatable bonds is 3. The van der Waals surface area contributed by atoms with E-state index < -0.39 is 15.0 Å². The molecule has 0 saturated carbocycles. The largest absolute Gasteiger partial charge is 0.497 e. The SMILES string of the molecule is COc1cc(Cl)c(S(=O)(=O)O)c(OC)c1. The van der Waals surface area contributed by atoms with Crippen LogP contribution in [0.1, 0.15) is 0 Å². The van der Waals surface area contributed by atoms with E-state index in [0.717, 1.165) is 0 Å². The van der Waals surface area contributed by atoms with Gasteiger partial charge in [-0.3, -0.25) is 4.55 Å². The molecule has 1 aromatic carbocycles. The molecular weight excluding hydrogens is 244 g/mol. The summed E-state index contributed by atoms with van der Waals surface area (Å²) in [6, 6.07) is 2.59. The third-order valence-electron chi connectivity index (χ3n) is 1.70. The van der Waals surface area contributed by atoms with E-state index in [1.807, 2.05) is 0 Å². The average Bonchev–Trinajstić information content (AvgIpc) is 2.14. The Bertz CT molecular complexity index is 468. The predicted molar refractivity (Wildman–Crippen MR) is 54.4 cm³/mol. The van der Waals surface area contributed by atoms with Crippen molar-refractivity contribution in [1.82, 2.24) is 0 Å². The van der Waals surface area contributed by atoms with Crippen molar-refractivity contribution in [3.05, 3.63) is 17.2 Å². The van der Waals surface area contributed by atoms with Crippen molar-refractivity contribution in [3.8, 4) is 11.5 Å². The summed E-state index contributed by atoms with van der Waals surface area (Å²) in [7, 11) is -1.75. The first kappa shape index (κ1) is 12.1. The minimum atomic E-state index is -4.41. The molecule has 0 aliphatic carbocycles. The highest BCUT2D eigenvalue weighted by molar-refractivity contribution is 7.86. The Labute approximate surface area is 92.3 Å². The molecule has 0 bridgehead atoms. The Balaban J connectivity index is 3.52. The highest BCUT2D eigenvalue weighted by Gasteiger charge is 2.22. The summed E-state index contributed by atoms with van der Waals surface area (Å²) >= 11 is 5.68. The standard InChI is InChI=1S/C8H9ClO5S/c1-13-5-3-6(9)8(15(10,11)12)7(4-5)14-2/h3-4H,1-2H3,(H,10,11,12). The maximum Gasteiger partial charge on any atom is 0.299 e. The van der Waals surface area contributed by atoms with Gasteiger partial charge in [-0.25, -0.2) is 0 Å². The minimum absolute atomic E-state index is 0.0677. The van der Waals surface area contributed by atoms with E-state index in [1.165, 1.54) is 26.4 Å². The molecule has 15 heavy (non-hydrogen) atoms. The Hall–Kier alpha value is -0.980. The van der Waals surface area contributed by atoms with E-state index in [9.17, 15) is 8.42 Å². The van der Waals surface area contributed by atoms with Crippen LogP contribution < -0.4 is 9.47 Å². The van der Waals surface area contributed by atoms with Crippen LogP contribution in [0, 0.1) is 0 Å². The fraction of sp³-hybridized carbons (Fsp3) is 0.250. The van der Waals surface area contributed by atoms with Gasteiger partial charge in [-0.15, -0.1) is 0 Å². The van der Waals surface area contributed by atoms with Crippen molar-refractivity contribution < 1.29 is 22.4 Å². The van der Waals surface area contributed by atoms with Crippen LogP contribution in [0.2, 0.25) is 5.02 Å². The van der Waals surface area contributed by atoms with Crippen LogP contribution in [0.4, 0.5) is 0 Å². The molecule has 1 aromatic rings. The molecule has 84 valence electrons. The highest BCUT2D eigenvalue weighted by atomic mass is 35.5. The number of methoxy groups -OCH3 is 2. The van der Waals surface area contributed by atoms with Gasteiger partial charge in [-0.1, -0.05) is 11.6 Å². The molecule has 0 atom stereocenters. The fourth-order valence-electron chi connectivity index (χ4n) is 1.06. The van der Waals surface area contributed by atoms with Crippen molar-refractivity contribution in [2.75, 3.05) is 14.2 Å². The lowest BCUT2D eigenvalue weighted by Gasteiger charge is -2.09. The Kier molecular flexibility index (Phi) is 3.43. The molecule has 5 nitrogen and oxygen atoms in total. The molecule has 0 fully saturated rings. The number of ether oxygens (including phenoxy) is 2. The lowest BCUT2D eigenvalue weighted by atomic mass is 10.3. The topological polar surface area (TPSA) is 72.8 Å². The maximum absolute atomic E-state index is 11.0. The normalized spacial score (nSPS) is 11.2. The third kappa shape index (κ3) is 2.53. The van der Waals surface area contributed by atoms with Gasteiger partial charge in [0.1, 0.15) is 11.5 Å². The van der Waals surface area contributed by atoms with Crippen molar-refractivity contribution in [1.29, 1.82) is 0 Å². The fourth-order valence-corrected chi connectivity index (χ4v) is 2.26. The Morgan fingerprint density at radius 1 is 1.27 bits per heavy atom. The monoisotopic (exact) mass is 252 g/mol. The lowest BCUT2D eigenvalue weighted by molar-refractivity contribution is 0.383. The van der Waals surface area contributed by atoms with Gasteiger partial charge in [0.25, 0.3) is 10.1 Å². The third-order valence-corrected chi connectivity index (χ3v) is 3.04. The summed E-state index contributed by atoms with van der Waals surface area (Å²) in [5.74, 6) is 0.270. The molecule has 0 radical (unpaired) electrons. The van der Waals surface area contributed by atoms with Crippen molar-refractivity contribution in [2.45, 2.75) is 4.90 Å². The first-order valence-corrected chi connectivity index (χ1v) is 5.61. The van der Waals surface area contributed by atoms with Gasteiger partial charge in [-0.05, 0) is 0 Å². The Morgan fingerprint density at radius 3 is 2.27 bits per heavy atom. The number of hydrogen-bond donors (Lipinski definition) is 1. The summed E-state index contributed by atoms with van der Waals surface area (Å²) in [4.78, 5) is -0.465. The van der Waals surface area contributed by atoms with Gasteiger partial charge in [0.15, 0.2) is 4.90 Å². The van der Waals surface area contributed by atoms with Gasteiger partial charge in [-0.2, -0.15) is 8.42 Å². The molecule has 0 amide bonds. The van der Waals surface area contributed by atoms with Gasteiger partial charge in [0, 0.05) is 12.1 Å². The summed E-state index contributed by atoms with van der Waals surface area (Å²) < 4.78 is 40.5. The van der Waals surface area contributed by atoms with E-state index in [0.29, 0.717) is 5.75 Å². The zero-order chi connectivity index (χ0) is 11.6. The van der Waals surface area contributed by atoms with E-state index in [2.05, 4.69) is 0 Å². The van der Waals surface area contributed by atoms with Gasteiger partial charge in [0.05, 0.1) is 19.2 Å². The van der Waals surface area contributed by atoms with E-state index in [-0.39, 0.29) is 10.8 Å². The molecule has 0 spiro atoms. The zero-order valence-electron chi connectivity index (χ0n) is 8.02. The van der Waals surface area contributed by atoms with Crippen LogP contribution in [-0.2, 0) is 10.1 Å². The van der Waals surface area contributed by atoms with Gasteiger partial charge < -0.3 is 9.47 Å². The van der Waals surface area contributed by atoms with Crippen molar-refractivity contribution >= 4 is 21.7 Å². The Morgan fingerprint density at radius 2 is 1.87 bits per heavy atom. The van der Waals surface area contributed by atoms with Gasteiger partial charge >= 0.3 is 0 Å². The van der Waals surface area contributed by atoms with E-state index in [1.54, 1.807) is 0 Å². The van der Waals surface area contributed by atoms with Crippen LogP contribution in [0.5, 0.6) is 11.5 Å². The number of halogens is 1. The summed E-state index contributed by atoms with van der Waals surface area (Å²) in [6.07, 6.45) is 0. The molecule has 0 heterocycles. The molecule has 7 heteroatoms. The van der Waals surface area contributed by atoms with E-state index >= 15 is 0 Å². The van der Waals surface area contributed by atoms with Crippen LogP contribution >= 0.6 is 11.6 Å². The molecule has 0 aromatic heterocycles. The molecular formula is C8H9ClO5S. The molecule has 1 rings (SSSR count). The summed E-state index contributed by atoms with van der Waals surface area (Å²) in [5.41, 5.74) is 0. The molecule has 0 unspecified atom stereocenters. The quantitative estimate of drug-likeness (QED) is 0.828. The number of benzene rings is 1. The smallest absolute Gasteiger partial charge is 0.299 e. The first-order valence-electron chi connectivity index (χ1n) is 3.79. The second-order valence-corrected chi connectivity index (χ2v) is 4.38. The van der Waals surface area contributed by atoms with E-state index in [4.69, 9.17) is 25.6 Å². The highest BCUT2D eigenvalue weighted by Crippen LogP contribution is 2.35. The van der Waals surface area contributed by atoms with Crippen LogP contribution in [0.25, 0.3) is 0 Å². The summed E-state index contributed by atoms with van der Waals surface area (Å²) in [6.45, 7) is 0. The molecule has 1 N–H and O–H groups in total. The minimum Gasteiger partial charge on any atom is -0.497 e. The lowest BCUT2D eigenvalue weighted by Crippen LogP contribution is -2.03. The molecule has 0 saturated heterocycles. The number of hydrogen-bond acceptors (Lipinski definition) is 4. The summed E-state index contributed by atoms with van der Waals surface area (Å²) in [5, 5.41) is -0.159. The van der Waals surface area contributed by atoms with Crippen LogP contribution in [0.3, 0.4) is 0 Å². The zero-order valence-corrected chi connectivity index (χ0v) is 9.59. The predicted octanol–water partition coefficient (Wildman–Crippen LogP) is 1.60. The maximum atomic E-state index is 11.0. The molecule has 0 aliphatic heterocycles. The van der Waals surface area contributed by atoms with Crippen molar-refractivity contribution in [2.24, 2.45) is 0 Å². The van der Waals surface area contributed by atoms with Crippen molar-refractivity contribution in [3.63, 3.8) is 0 Å². The average molecular weight is 253 g/mol. The van der Waals surface area contributed by atoms with Gasteiger partial charge in [0.2, 0.25) is 0 Å². The molecule has 0 aliphatic rings. The second-order valence-electron chi connectivity index (χ2n) is 2.62. The first-order chi connectivity index (χ1) is 6.90. The second kappa shape index (κ2) is 4.26.